The van der Waals surface area contributed by atoms with Gasteiger partial charge in [0.1, 0.15) is 6.61 Å². The van der Waals surface area contributed by atoms with Crippen LogP contribution in [0.1, 0.15) is 36.0 Å². The zero-order chi connectivity index (χ0) is 15.5. The number of aryl methyl sites for hydroxylation is 1. The SMILES string of the molecule is Cc1nnc(-c2ccccc2C(=O)OCC2CCC(C)O2)o1. The summed E-state index contributed by atoms with van der Waals surface area (Å²) in [5.41, 5.74) is 0.992. The van der Waals surface area contributed by atoms with Gasteiger partial charge in [-0.2, -0.15) is 0 Å². The van der Waals surface area contributed by atoms with E-state index in [9.17, 15) is 4.79 Å². The molecule has 6 heteroatoms. The third kappa shape index (κ3) is 3.17. The Balaban J connectivity index is 1.72. The van der Waals surface area contributed by atoms with Crippen LogP contribution in [0.3, 0.4) is 0 Å². The van der Waals surface area contributed by atoms with Crippen molar-refractivity contribution in [2.45, 2.75) is 38.9 Å². The van der Waals surface area contributed by atoms with Crippen LogP contribution in [0.25, 0.3) is 11.5 Å². The molecule has 0 aliphatic carbocycles. The molecular weight excluding hydrogens is 284 g/mol. The first-order chi connectivity index (χ1) is 10.6. The number of hydrogen-bond acceptors (Lipinski definition) is 6. The molecule has 22 heavy (non-hydrogen) atoms. The van der Waals surface area contributed by atoms with Gasteiger partial charge in [0.2, 0.25) is 11.8 Å². The number of rotatable bonds is 4. The summed E-state index contributed by atoms with van der Waals surface area (Å²) in [6, 6.07) is 7.04. The Hall–Kier alpha value is -2.21. The summed E-state index contributed by atoms with van der Waals surface area (Å²) in [6.45, 7) is 3.99. The average Bonchev–Trinajstić information content (AvgIpc) is 3.13. The lowest BCUT2D eigenvalue weighted by Gasteiger charge is -2.12. The number of hydrogen-bond donors (Lipinski definition) is 0. The van der Waals surface area contributed by atoms with Crippen LogP contribution in [0.5, 0.6) is 0 Å². The molecule has 2 unspecified atom stereocenters. The molecule has 0 N–H and O–H groups in total. The molecule has 1 aromatic heterocycles. The van der Waals surface area contributed by atoms with Crippen molar-refractivity contribution in [3.63, 3.8) is 0 Å². The molecule has 0 bridgehead atoms. The zero-order valence-corrected chi connectivity index (χ0v) is 12.6. The number of ether oxygens (including phenoxy) is 2. The Morgan fingerprint density at radius 2 is 2.14 bits per heavy atom. The van der Waals surface area contributed by atoms with Crippen LogP contribution in [0.4, 0.5) is 0 Å². The van der Waals surface area contributed by atoms with E-state index < -0.39 is 5.97 Å². The number of esters is 1. The Kier molecular flexibility index (Phi) is 4.20. The lowest BCUT2D eigenvalue weighted by atomic mass is 10.1. The van der Waals surface area contributed by atoms with E-state index in [4.69, 9.17) is 13.9 Å². The van der Waals surface area contributed by atoms with Gasteiger partial charge in [-0.15, -0.1) is 10.2 Å². The van der Waals surface area contributed by atoms with Gasteiger partial charge >= 0.3 is 5.97 Å². The van der Waals surface area contributed by atoms with E-state index in [2.05, 4.69) is 10.2 Å². The lowest BCUT2D eigenvalue weighted by molar-refractivity contribution is -0.00262. The predicted octanol–water partition coefficient (Wildman–Crippen LogP) is 2.77. The number of carbonyl (C=O) groups is 1. The lowest BCUT2D eigenvalue weighted by Crippen LogP contribution is -2.19. The summed E-state index contributed by atoms with van der Waals surface area (Å²) in [5, 5.41) is 7.75. The molecule has 3 rings (SSSR count). The van der Waals surface area contributed by atoms with E-state index in [-0.39, 0.29) is 18.8 Å². The van der Waals surface area contributed by atoms with Crippen molar-refractivity contribution in [3.05, 3.63) is 35.7 Å². The maximum atomic E-state index is 12.3. The van der Waals surface area contributed by atoms with Crippen LogP contribution >= 0.6 is 0 Å². The van der Waals surface area contributed by atoms with Crippen molar-refractivity contribution in [2.24, 2.45) is 0 Å². The summed E-state index contributed by atoms with van der Waals surface area (Å²) in [5.74, 6) is 0.358. The highest BCUT2D eigenvalue weighted by Crippen LogP contribution is 2.24. The molecule has 1 saturated heterocycles. The molecule has 6 nitrogen and oxygen atoms in total. The average molecular weight is 302 g/mol. The van der Waals surface area contributed by atoms with Crippen LogP contribution in [0, 0.1) is 6.92 Å². The van der Waals surface area contributed by atoms with Gasteiger partial charge in [-0.3, -0.25) is 0 Å². The van der Waals surface area contributed by atoms with Crippen LogP contribution in [-0.4, -0.2) is 35.0 Å². The smallest absolute Gasteiger partial charge is 0.339 e. The van der Waals surface area contributed by atoms with Gasteiger partial charge in [0.25, 0.3) is 0 Å². The largest absolute Gasteiger partial charge is 0.459 e. The molecule has 1 aliphatic rings. The van der Waals surface area contributed by atoms with Crippen LogP contribution in [0.2, 0.25) is 0 Å². The van der Waals surface area contributed by atoms with E-state index >= 15 is 0 Å². The third-order valence-electron chi connectivity index (χ3n) is 3.62. The second kappa shape index (κ2) is 6.27. The molecule has 1 fully saturated rings. The van der Waals surface area contributed by atoms with Crippen LogP contribution in [-0.2, 0) is 9.47 Å². The monoisotopic (exact) mass is 302 g/mol. The summed E-state index contributed by atoms with van der Waals surface area (Å²) >= 11 is 0. The molecule has 0 spiro atoms. The molecule has 0 saturated carbocycles. The van der Waals surface area contributed by atoms with Crippen LogP contribution in [0.15, 0.2) is 28.7 Å². The Labute approximate surface area is 128 Å². The number of nitrogens with zero attached hydrogens (tertiary/aromatic N) is 2. The van der Waals surface area contributed by atoms with Crippen molar-refractivity contribution in [2.75, 3.05) is 6.61 Å². The van der Waals surface area contributed by atoms with E-state index in [1.165, 1.54) is 0 Å². The van der Waals surface area contributed by atoms with Crippen molar-refractivity contribution in [3.8, 4) is 11.5 Å². The molecule has 2 heterocycles. The second-order valence-corrected chi connectivity index (χ2v) is 5.42. The highest BCUT2D eigenvalue weighted by atomic mass is 16.6. The molecule has 116 valence electrons. The number of benzene rings is 1. The third-order valence-corrected chi connectivity index (χ3v) is 3.62. The first-order valence-corrected chi connectivity index (χ1v) is 7.35. The zero-order valence-electron chi connectivity index (χ0n) is 12.6. The Morgan fingerprint density at radius 1 is 1.32 bits per heavy atom. The van der Waals surface area contributed by atoms with Gasteiger partial charge in [-0.05, 0) is 31.9 Å². The molecular formula is C16H18N2O4. The Morgan fingerprint density at radius 3 is 2.82 bits per heavy atom. The van der Waals surface area contributed by atoms with E-state index in [1.54, 1.807) is 25.1 Å². The van der Waals surface area contributed by atoms with Gasteiger partial charge in [0, 0.05) is 6.92 Å². The fraction of sp³-hybridized carbons (Fsp3) is 0.438. The standard InChI is InChI=1S/C16H18N2O4/c1-10-7-8-12(21-10)9-20-16(19)14-6-4-3-5-13(14)15-18-17-11(2)22-15/h3-6,10,12H,7-9H2,1-2H3. The maximum absolute atomic E-state index is 12.3. The Bertz CT molecular complexity index is 668. The first kappa shape index (κ1) is 14.7. The van der Waals surface area contributed by atoms with E-state index in [0.29, 0.717) is 22.9 Å². The summed E-state index contributed by atoms with van der Waals surface area (Å²) in [4.78, 5) is 12.3. The van der Waals surface area contributed by atoms with Gasteiger partial charge in [0.15, 0.2) is 0 Å². The highest BCUT2D eigenvalue weighted by Gasteiger charge is 2.24. The minimum absolute atomic E-state index is 0.0169. The van der Waals surface area contributed by atoms with Gasteiger partial charge in [-0.1, -0.05) is 12.1 Å². The quantitative estimate of drug-likeness (QED) is 0.808. The molecule has 0 radical (unpaired) electrons. The number of carbonyl (C=O) groups excluding carboxylic acids is 1. The topological polar surface area (TPSA) is 74.5 Å². The van der Waals surface area contributed by atoms with Gasteiger partial charge in [0.05, 0.1) is 23.3 Å². The fourth-order valence-electron chi connectivity index (χ4n) is 2.51. The molecule has 0 amide bonds. The summed E-state index contributed by atoms with van der Waals surface area (Å²) < 4.78 is 16.4. The van der Waals surface area contributed by atoms with Crippen molar-refractivity contribution in [1.82, 2.24) is 10.2 Å². The minimum Gasteiger partial charge on any atom is -0.459 e. The van der Waals surface area contributed by atoms with Crippen molar-refractivity contribution in [1.29, 1.82) is 0 Å². The van der Waals surface area contributed by atoms with Gasteiger partial charge < -0.3 is 13.9 Å². The van der Waals surface area contributed by atoms with E-state index in [1.807, 2.05) is 13.0 Å². The fourth-order valence-corrected chi connectivity index (χ4v) is 2.51. The summed E-state index contributed by atoms with van der Waals surface area (Å²) in [7, 11) is 0. The molecule has 2 aromatic rings. The second-order valence-electron chi connectivity index (χ2n) is 5.42. The predicted molar refractivity (Wildman–Crippen MR) is 78.3 cm³/mol. The molecule has 2 atom stereocenters. The summed E-state index contributed by atoms with van der Waals surface area (Å²) in [6.07, 6.45) is 2.13. The number of aromatic nitrogens is 2. The van der Waals surface area contributed by atoms with Crippen LogP contribution < -0.4 is 0 Å². The maximum Gasteiger partial charge on any atom is 0.339 e. The van der Waals surface area contributed by atoms with E-state index in [0.717, 1.165) is 12.8 Å². The minimum atomic E-state index is -0.408. The molecule has 1 aliphatic heterocycles. The van der Waals surface area contributed by atoms with Crippen molar-refractivity contribution >= 4 is 5.97 Å². The highest BCUT2D eigenvalue weighted by molar-refractivity contribution is 5.96. The first-order valence-electron chi connectivity index (χ1n) is 7.35. The molecule has 1 aromatic carbocycles. The normalized spacial score (nSPS) is 21.0. The van der Waals surface area contributed by atoms with Gasteiger partial charge in [-0.25, -0.2) is 4.79 Å². The van der Waals surface area contributed by atoms with Crippen molar-refractivity contribution < 1.29 is 18.7 Å².